The van der Waals surface area contributed by atoms with Crippen LogP contribution in [0.3, 0.4) is 0 Å². The van der Waals surface area contributed by atoms with Crippen molar-refractivity contribution in [1.29, 1.82) is 0 Å². The van der Waals surface area contributed by atoms with E-state index in [4.69, 9.17) is 0 Å². The Hall–Kier alpha value is -0.830. The van der Waals surface area contributed by atoms with Gasteiger partial charge in [0.05, 0.1) is 12.0 Å². The van der Waals surface area contributed by atoms with E-state index in [0.29, 0.717) is 6.04 Å². The molecule has 1 atom stereocenters. The molecule has 1 N–H and O–H groups in total. The quantitative estimate of drug-likeness (QED) is 0.853. The van der Waals surface area contributed by atoms with Gasteiger partial charge in [-0.2, -0.15) is 0 Å². The molecule has 0 spiro atoms. The van der Waals surface area contributed by atoms with Crippen LogP contribution in [0, 0.1) is 19.3 Å². The van der Waals surface area contributed by atoms with Gasteiger partial charge in [0, 0.05) is 18.3 Å². The van der Waals surface area contributed by atoms with Crippen LogP contribution in [-0.2, 0) is 6.54 Å². The minimum absolute atomic E-state index is 0.264. The normalized spacial score (nSPS) is 14.0. The van der Waals surface area contributed by atoms with Gasteiger partial charge in [-0.25, -0.2) is 4.98 Å². The summed E-state index contributed by atoms with van der Waals surface area (Å²) >= 11 is 0. The Balaban J connectivity index is 2.76. The first-order valence-corrected chi connectivity index (χ1v) is 6.58. The standard InChI is InChI=1S/C14H27N3/c1-7-8-15-13(14(4,5)6)9-17-10-16-11(2)12(17)3/h10,13,15H,7-9H2,1-6H3. The van der Waals surface area contributed by atoms with Crippen molar-refractivity contribution in [2.75, 3.05) is 6.54 Å². The van der Waals surface area contributed by atoms with Gasteiger partial charge in [-0.3, -0.25) is 0 Å². The molecule has 1 unspecified atom stereocenters. The molecule has 0 aromatic carbocycles. The molecule has 0 saturated carbocycles. The van der Waals surface area contributed by atoms with Crippen LogP contribution in [0.5, 0.6) is 0 Å². The molecule has 1 aromatic rings. The molecule has 0 aliphatic heterocycles. The lowest BCUT2D eigenvalue weighted by molar-refractivity contribution is 0.241. The molecule has 0 fully saturated rings. The van der Waals surface area contributed by atoms with Crippen molar-refractivity contribution in [3.8, 4) is 0 Å². The highest BCUT2D eigenvalue weighted by molar-refractivity contribution is 5.09. The van der Waals surface area contributed by atoms with Crippen LogP contribution in [0.2, 0.25) is 0 Å². The Morgan fingerprint density at radius 3 is 2.41 bits per heavy atom. The molecule has 0 radical (unpaired) electrons. The highest BCUT2D eigenvalue weighted by atomic mass is 15.1. The SMILES string of the molecule is CCCNC(Cn1cnc(C)c1C)C(C)(C)C. The molecular formula is C14H27N3. The Kier molecular flexibility index (Phi) is 4.75. The first-order chi connectivity index (χ1) is 7.86. The summed E-state index contributed by atoms with van der Waals surface area (Å²) in [5, 5.41) is 3.65. The van der Waals surface area contributed by atoms with Crippen molar-refractivity contribution in [1.82, 2.24) is 14.9 Å². The zero-order valence-electron chi connectivity index (χ0n) is 12.2. The maximum Gasteiger partial charge on any atom is 0.0951 e. The molecule has 1 rings (SSSR count). The number of nitrogens with zero attached hydrogens (tertiary/aromatic N) is 2. The van der Waals surface area contributed by atoms with Crippen molar-refractivity contribution in [3.05, 3.63) is 17.7 Å². The molecule has 98 valence electrons. The largest absolute Gasteiger partial charge is 0.333 e. The van der Waals surface area contributed by atoms with Crippen molar-refractivity contribution in [2.24, 2.45) is 5.41 Å². The smallest absolute Gasteiger partial charge is 0.0951 e. The van der Waals surface area contributed by atoms with E-state index in [2.05, 4.69) is 56.4 Å². The number of aromatic nitrogens is 2. The average Bonchev–Trinajstić information content (AvgIpc) is 2.54. The van der Waals surface area contributed by atoms with Crippen LogP contribution < -0.4 is 5.32 Å². The Morgan fingerprint density at radius 2 is 2.00 bits per heavy atom. The van der Waals surface area contributed by atoms with Gasteiger partial charge >= 0.3 is 0 Å². The van der Waals surface area contributed by atoms with Crippen LogP contribution in [0.1, 0.15) is 45.5 Å². The van der Waals surface area contributed by atoms with Crippen LogP contribution >= 0.6 is 0 Å². The molecule has 0 bridgehead atoms. The fraction of sp³-hybridized carbons (Fsp3) is 0.786. The lowest BCUT2D eigenvalue weighted by Crippen LogP contribution is -2.43. The highest BCUT2D eigenvalue weighted by Gasteiger charge is 2.24. The zero-order chi connectivity index (χ0) is 13.1. The average molecular weight is 237 g/mol. The van der Waals surface area contributed by atoms with Crippen molar-refractivity contribution in [3.63, 3.8) is 0 Å². The lowest BCUT2D eigenvalue weighted by Gasteiger charge is -2.32. The number of rotatable bonds is 5. The van der Waals surface area contributed by atoms with Gasteiger partial charge in [0.25, 0.3) is 0 Å². The number of nitrogens with one attached hydrogen (secondary N) is 1. The number of hydrogen-bond donors (Lipinski definition) is 1. The van der Waals surface area contributed by atoms with Gasteiger partial charge in [0.1, 0.15) is 0 Å². The molecule has 1 aromatic heterocycles. The monoisotopic (exact) mass is 237 g/mol. The minimum Gasteiger partial charge on any atom is -0.333 e. The summed E-state index contributed by atoms with van der Waals surface area (Å²) in [7, 11) is 0. The molecule has 0 aliphatic rings. The summed E-state index contributed by atoms with van der Waals surface area (Å²) in [4.78, 5) is 4.37. The van der Waals surface area contributed by atoms with E-state index in [-0.39, 0.29) is 5.41 Å². The van der Waals surface area contributed by atoms with E-state index in [1.54, 1.807) is 0 Å². The Morgan fingerprint density at radius 1 is 1.35 bits per heavy atom. The van der Waals surface area contributed by atoms with Crippen molar-refractivity contribution < 1.29 is 0 Å². The number of imidazole rings is 1. The van der Waals surface area contributed by atoms with Crippen LogP contribution in [0.15, 0.2) is 6.33 Å². The fourth-order valence-corrected chi connectivity index (χ4v) is 1.89. The van der Waals surface area contributed by atoms with Crippen LogP contribution in [-0.4, -0.2) is 22.1 Å². The molecule has 3 heteroatoms. The molecule has 0 amide bonds. The molecule has 0 aliphatic carbocycles. The maximum absolute atomic E-state index is 4.37. The van der Waals surface area contributed by atoms with E-state index in [1.165, 1.54) is 12.1 Å². The maximum atomic E-state index is 4.37. The van der Waals surface area contributed by atoms with Gasteiger partial charge in [-0.05, 0) is 32.2 Å². The molecule has 3 nitrogen and oxygen atoms in total. The first kappa shape index (κ1) is 14.2. The van der Waals surface area contributed by atoms with E-state index < -0.39 is 0 Å². The van der Waals surface area contributed by atoms with Gasteiger partial charge in [0.15, 0.2) is 0 Å². The fourth-order valence-electron chi connectivity index (χ4n) is 1.89. The summed E-state index contributed by atoms with van der Waals surface area (Å²) in [5.41, 5.74) is 2.67. The van der Waals surface area contributed by atoms with E-state index in [9.17, 15) is 0 Å². The molecule has 1 heterocycles. The predicted molar refractivity (Wildman–Crippen MR) is 73.2 cm³/mol. The summed E-state index contributed by atoms with van der Waals surface area (Å²) in [5.74, 6) is 0. The summed E-state index contributed by atoms with van der Waals surface area (Å²) in [6.45, 7) is 15.4. The predicted octanol–water partition coefficient (Wildman–Crippen LogP) is 2.91. The van der Waals surface area contributed by atoms with Gasteiger partial charge in [-0.15, -0.1) is 0 Å². The van der Waals surface area contributed by atoms with Crippen LogP contribution in [0.25, 0.3) is 0 Å². The summed E-state index contributed by atoms with van der Waals surface area (Å²) in [6, 6.07) is 0.481. The van der Waals surface area contributed by atoms with Crippen molar-refractivity contribution >= 4 is 0 Å². The second kappa shape index (κ2) is 5.67. The van der Waals surface area contributed by atoms with Gasteiger partial charge < -0.3 is 9.88 Å². The Labute approximate surface area is 106 Å². The number of aryl methyl sites for hydroxylation is 1. The number of hydrogen-bond acceptors (Lipinski definition) is 2. The van der Waals surface area contributed by atoms with Crippen molar-refractivity contribution in [2.45, 2.75) is 60.5 Å². The third-order valence-electron chi connectivity index (χ3n) is 3.41. The van der Waals surface area contributed by atoms with E-state index in [0.717, 1.165) is 18.8 Å². The molecule has 17 heavy (non-hydrogen) atoms. The second-order valence-corrected chi connectivity index (χ2v) is 5.94. The van der Waals surface area contributed by atoms with E-state index >= 15 is 0 Å². The molecule has 0 saturated heterocycles. The minimum atomic E-state index is 0.264. The topological polar surface area (TPSA) is 29.9 Å². The molecular weight excluding hydrogens is 210 g/mol. The second-order valence-electron chi connectivity index (χ2n) is 5.94. The summed E-state index contributed by atoms with van der Waals surface area (Å²) in [6.07, 6.45) is 3.13. The zero-order valence-corrected chi connectivity index (χ0v) is 12.2. The van der Waals surface area contributed by atoms with Crippen LogP contribution in [0.4, 0.5) is 0 Å². The third kappa shape index (κ3) is 3.84. The highest BCUT2D eigenvalue weighted by Crippen LogP contribution is 2.21. The Bertz CT molecular complexity index is 347. The first-order valence-electron chi connectivity index (χ1n) is 6.58. The van der Waals surface area contributed by atoms with E-state index in [1.807, 2.05) is 6.33 Å². The summed E-state index contributed by atoms with van der Waals surface area (Å²) < 4.78 is 2.26. The lowest BCUT2D eigenvalue weighted by atomic mass is 9.86. The third-order valence-corrected chi connectivity index (χ3v) is 3.41. The van der Waals surface area contributed by atoms with Gasteiger partial charge in [-0.1, -0.05) is 27.7 Å². The van der Waals surface area contributed by atoms with Gasteiger partial charge in [0.2, 0.25) is 0 Å².